The summed E-state index contributed by atoms with van der Waals surface area (Å²) in [7, 11) is 0. The molecule has 0 aromatic heterocycles. The maximum Gasteiger partial charge on any atom is 0.229 e. The first-order valence-electron chi connectivity index (χ1n) is 22.1. The van der Waals surface area contributed by atoms with E-state index in [0.29, 0.717) is 54.5 Å². The molecule has 18 heteroatoms. The number of alkyl halides is 2. The second kappa shape index (κ2) is 19.8. The number of amides is 2. The number of aliphatic hydroxyl groups excluding tert-OH is 8. The fourth-order valence-corrected chi connectivity index (χ4v) is 10.1. The molecule has 352 valence electrons. The number of rotatable bonds is 14. The van der Waals surface area contributed by atoms with E-state index in [1.165, 1.54) is 0 Å². The molecule has 7 unspecified atom stereocenters. The van der Waals surface area contributed by atoms with Crippen LogP contribution < -0.4 is 19.3 Å². The first-order chi connectivity index (χ1) is 31.1. The molecule has 16 nitrogen and oxygen atoms in total. The van der Waals surface area contributed by atoms with Gasteiger partial charge in [0.15, 0.2) is 0 Å². The van der Waals surface area contributed by atoms with Crippen LogP contribution in [0.5, 0.6) is 11.5 Å². The first kappa shape index (κ1) is 47.6. The van der Waals surface area contributed by atoms with Crippen LogP contribution in [0.2, 0.25) is 0 Å². The van der Waals surface area contributed by atoms with Crippen LogP contribution in [0.3, 0.4) is 0 Å². The highest BCUT2D eigenvalue weighted by Crippen LogP contribution is 2.50. The summed E-state index contributed by atoms with van der Waals surface area (Å²) in [4.78, 5) is 31.5. The van der Waals surface area contributed by atoms with E-state index in [1.807, 2.05) is 62.4 Å². The number of hydrogen-bond donors (Lipinski definition) is 8. The molecule has 0 aliphatic carbocycles. The number of nitrogens with zero attached hydrogens (tertiary/aromatic N) is 2. The molecule has 0 bridgehead atoms. The van der Waals surface area contributed by atoms with Crippen molar-refractivity contribution >= 4 is 67.9 Å². The average molecular weight is 944 g/mol. The number of halogens is 2. The number of hydrogen-bond acceptors (Lipinski definition) is 14. The molecule has 0 radical (unpaired) electrons. The molecule has 2 amide bonds. The van der Waals surface area contributed by atoms with Crippen LogP contribution >= 0.6 is 23.2 Å². The number of ether oxygens (including phenoxy) is 4. The molecule has 0 spiro atoms. The largest absolute Gasteiger partial charge is 0.461 e. The molecule has 65 heavy (non-hydrogen) atoms. The van der Waals surface area contributed by atoms with Crippen LogP contribution in [0.1, 0.15) is 68.9 Å². The molecule has 2 fully saturated rings. The average Bonchev–Trinajstić information content (AvgIpc) is 3.89. The van der Waals surface area contributed by atoms with Crippen molar-refractivity contribution in [1.82, 2.24) is 0 Å². The third-order valence-electron chi connectivity index (χ3n) is 13.3. The monoisotopic (exact) mass is 942 g/mol. The summed E-state index contributed by atoms with van der Waals surface area (Å²) in [5.74, 6) is -0.226. The van der Waals surface area contributed by atoms with Gasteiger partial charge in [0.1, 0.15) is 60.3 Å². The number of aliphatic hydroxyl groups is 8. The number of benzene rings is 4. The van der Waals surface area contributed by atoms with Gasteiger partial charge in [-0.25, -0.2) is 0 Å². The van der Waals surface area contributed by atoms with Crippen molar-refractivity contribution in [3.8, 4) is 11.5 Å². The molecular formula is C47H56Cl2N2O14. The minimum Gasteiger partial charge on any atom is -0.461 e. The fraction of sp³-hybridized carbons (Fsp3) is 0.532. The lowest BCUT2D eigenvalue weighted by molar-refractivity contribution is -0.277. The maximum absolute atomic E-state index is 14.1. The number of unbranched alkanes of at least 4 members (excludes halogenated alkanes) is 2. The van der Waals surface area contributed by atoms with Gasteiger partial charge in [-0.2, -0.15) is 0 Å². The van der Waals surface area contributed by atoms with Crippen LogP contribution in [0.25, 0.3) is 21.5 Å². The number of carbonyl (C=O) groups excluding carboxylic acids is 2. The Kier molecular flexibility index (Phi) is 14.5. The maximum atomic E-state index is 14.1. The molecule has 4 heterocycles. The molecule has 0 saturated carbocycles. The lowest BCUT2D eigenvalue weighted by atomic mass is 9.92. The van der Waals surface area contributed by atoms with E-state index in [4.69, 9.17) is 42.1 Å². The highest BCUT2D eigenvalue weighted by atomic mass is 35.5. The second-order valence-corrected chi connectivity index (χ2v) is 18.9. The normalized spacial score (nSPS) is 30.9. The van der Waals surface area contributed by atoms with E-state index < -0.39 is 74.6 Å². The van der Waals surface area contributed by atoms with Crippen LogP contribution in [-0.2, 0) is 19.1 Å². The van der Waals surface area contributed by atoms with E-state index in [1.54, 1.807) is 21.9 Å². The van der Waals surface area contributed by atoms with Crippen LogP contribution in [0.15, 0.2) is 60.7 Å². The van der Waals surface area contributed by atoms with Crippen molar-refractivity contribution in [2.45, 2.75) is 130 Å². The first-order valence-corrected chi connectivity index (χ1v) is 23.0. The molecule has 4 aliphatic heterocycles. The van der Waals surface area contributed by atoms with Crippen molar-refractivity contribution in [2.75, 3.05) is 36.1 Å². The molecule has 8 rings (SSSR count). The minimum absolute atomic E-state index is 0.155. The van der Waals surface area contributed by atoms with E-state index in [-0.39, 0.29) is 58.7 Å². The van der Waals surface area contributed by atoms with Gasteiger partial charge in [-0.15, -0.1) is 23.2 Å². The Bertz CT molecular complexity index is 2210. The quantitative estimate of drug-likeness (QED) is 0.0670. The summed E-state index contributed by atoms with van der Waals surface area (Å²) in [5.41, 5.74) is 2.90. The van der Waals surface area contributed by atoms with Crippen LogP contribution in [0, 0.1) is 0 Å². The van der Waals surface area contributed by atoms with Crippen molar-refractivity contribution < 1.29 is 69.4 Å². The third kappa shape index (κ3) is 9.01. The molecule has 4 aliphatic rings. The number of carbonyl (C=O) groups is 2. The molecule has 4 aromatic rings. The summed E-state index contributed by atoms with van der Waals surface area (Å²) in [6, 6.07) is 18.2. The second-order valence-electron chi connectivity index (χ2n) is 17.5. The summed E-state index contributed by atoms with van der Waals surface area (Å²) < 4.78 is 23.6. The van der Waals surface area contributed by atoms with E-state index in [0.717, 1.165) is 21.9 Å². The zero-order chi connectivity index (χ0) is 46.4. The van der Waals surface area contributed by atoms with Crippen LogP contribution in [-0.4, -0.2) is 151 Å². The SMILES string of the molecule is C[C@@H](Cl)C1CN(C(=O)CCCCCC(=O)N2C[C@@H]([C@@H](C)Cl)c3c2cc(O[C@@H]2OC(CO)[C@H](O)C(O)C2O)c2ccccc32)c2cc(O[C@@H]3OC(CO)[C@H](O)C(O)C3O)c3ccccc3c21. The van der Waals surface area contributed by atoms with Gasteiger partial charge in [-0.05, 0) is 48.6 Å². The van der Waals surface area contributed by atoms with Gasteiger partial charge in [-0.1, -0.05) is 55.0 Å². The van der Waals surface area contributed by atoms with Crippen molar-refractivity contribution in [2.24, 2.45) is 0 Å². The highest BCUT2D eigenvalue weighted by Gasteiger charge is 2.47. The zero-order valence-electron chi connectivity index (χ0n) is 35.9. The van der Waals surface area contributed by atoms with Gasteiger partial charge in [0.05, 0.1) is 24.6 Å². The van der Waals surface area contributed by atoms with E-state index in [2.05, 4.69) is 0 Å². The minimum atomic E-state index is -1.64. The van der Waals surface area contributed by atoms with Gasteiger partial charge in [0, 0.05) is 71.4 Å². The Labute approximate surface area is 385 Å². The topological polar surface area (TPSA) is 239 Å². The van der Waals surface area contributed by atoms with Gasteiger partial charge >= 0.3 is 0 Å². The Morgan fingerprint density at radius 3 is 1.32 bits per heavy atom. The summed E-state index contributed by atoms with van der Waals surface area (Å²) in [5, 5.41) is 84.7. The summed E-state index contributed by atoms with van der Waals surface area (Å²) in [6.45, 7) is 3.14. The number of fused-ring (bicyclic) bond motifs is 6. The van der Waals surface area contributed by atoms with Gasteiger partial charge in [0.25, 0.3) is 0 Å². The standard InChI is InChI=1S/C47H56Cl2N2O14/c1-22(48)28-18-50(30-16-32(24-10-6-8-12-26(24)38(28)30)62-46-44(60)42(58)40(56)34(20-52)64-46)36(54)14-4-3-5-15-37(55)51-19-29(23(2)49)39-27-13-9-7-11-25(27)33(17-31(39)51)63-47-45(61)43(59)41(57)35(21-53)65-47/h6-13,16-17,22-23,28-29,34-35,40-47,52-53,56-61H,3-5,14-15,18-21H2,1-2H3/t22-,23-,28+,29?,34?,35?,40+,41+,42?,43?,44?,45?,46-,47-/m1/s1. The summed E-state index contributed by atoms with van der Waals surface area (Å²) >= 11 is 13.5. The van der Waals surface area contributed by atoms with Gasteiger partial charge in [-0.3, -0.25) is 9.59 Å². The van der Waals surface area contributed by atoms with E-state index >= 15 is 0 Å². The predicted octanol–water partition coefficient (Wildman–Crippen LogP) is 3.12. The Morgan fingerprint density at radius 1 is 0.600 bits per heavy atom. The van der Waals surface area contributed by atoms with Crippen molar-refractivity contribution in [3.05, 3.63) is 71.8 Å². The van der Waals surface area contributed by atoms with E-state index in [9.17, 15) is 50.4 Å². The Morgan fingerprint density at radius 2 is 0.969 bits per heavy atom. The highest BCUT2D eigenvalue weighted by molar-refractivity contribution is 6.22. The number of anilines is 2. The molecular weight excluding hydrogens is 887 g/mol. The van der Waals surface area contributed by atoms with Gasteiger partial charge < -0.3 is 69.6 Å². The third-order valence-corrected chi connectivity index (χ3v) is 13.9. The molecule has 2 saturated heterocycles. The van der Waals surface area contributed by atoms with Crippen molar-refractivity contribution in [3.63, 3.8) is 0 Å². The predicted molar refractivity (Wildman–Crippen MR) is 241 cm³/mol. The lowest BCUT2D eigenvalue weighted by Crippen LogP contribution is -2.60. The molecule has 4 aromatic carbocycles. The van der Waals surface area contributed by atoms with Gasteiger partial charge in [0.2, 0.25) is 24.4 Å². The van der Waals surface area contributed by atoms with Crippen molar-refractivity contribution in [1.29, 1.82) is 0 Å². The molecule has 8 N–H and O–H groups in total. The zero-order valence-corrected chi connectivity index (χ0v) is 37.4. The Balaban J connectivity index is 0.961. The smallest absolute Gasteiger partial charge is 0.229 e. The lowest BCUT2D eigenvalue weighted by Gasteiger charge is -2.39. The Hall–Kier alpha value is -3.88. The molecule has 14 atom stereocenters. The fourth-order valence-electron chi connectivity index (χ4n) is 9.70. The van der Waals surface area contributed by atoms with Crippen LogP contribution in [0.4, 0.5) is 11.4 Å². The summed E-state index contributed by atoms with van der Waals surface area (Å²) in [6.07, 6.45) is -13.0.